The molecule has 0 bridgehead atoms. The van der Waals surface area contributed by atoms with E-state index >= 15 is 0 Å². The summed E-state index contributed by atoms with van der Waals surface area (Å²) in [5.41, 5.74) is 0. The van der Waals surface area contributed by atoms with Crippen molar-refractivity contribution < 1.29 is 9.59 Å². The molecule has 3 fully saturated rings. The molecule has 2 N–H and O–H groups in total. The van der Waals surface area contributed by atoms with Crippen molar-refractivity contribution in [2.24, 2.45) is 5.92 Å². The minimum atomic E-state index is 0.0620. The van der Waals surface area contributed by atoms with Crippen molar-refractivity contribution in [3.05, 3.63) is 0 Å². The molecule has 3 saturated heterocycles. The molecular weight excluding hydrogens is 268 g/mol. The lowest BCUT2D eigenvalue weighted by molar-refractivity contribution is -0.138. The van der Waals surface area contributed by atoms with Crippen LogP contribution in [0.5, 0.6) is 0 Å². The molecule has 0 aromatic heterocycles. The van der Waals surface area contributed by atoms with E-state index in [1.807, 2.05) is 9.80 Å². The lowest BCUT2D eigenvalue weighted by Gasteiger charge is -2.38. The molecule has 3 aliphatic heterocycles. The minimum Gasteiger partial charge on any atom is -0.342 e. The predicted molar refractivity (Wildman–Crippen MR) is 79.9 cm³/mol. The zero-order chi connectivity index (χ0) is 14.8. The number of hydrogen-bond acceptors (Lipinski definition) is 3. The van der Waals surface area contributed by atoms with Gasteiger partial charge in [0.15, 0.2) is 0 Å². The molecule has 2 unspecified atom stereocenters. The highest BCUT2D eigenvalue weighted by molar-refractivity contribution is 5.79. The summed E-state index contributed by atoms with van der Waals surface area (Å²) in [4.78, 5) is 28.3. The van der Waals surface area contributed by atoms with Gasteiger partial charge in [0.25, 0.3) is 0 Å². The molecule has 3 rings (SSSR count). The van der Waals surface area contributed by atoms with E-state index in [4.69, 9.17) is 0 Å². The zero-order valence-electron chi connectivity index (χ0n) is 12.8. The van der Waals surface area contributed by atoms with Crippen LogP contribution < -0.4 is 10.6 Å². The average Bonchev–Trinajstić information content (AvgIpc) is 2.93. The zero-order valence-corrected chi connectivity index (χ0v) is 12.8. The summed E-state index contributed by atoms with van der Waals surface area (Å²) >= 11 is 0. The molecule has 21 heavy (non-hydrogen) atoms. The molecule has 0 aromatic rings. The van der Waals surface area contributed by atoms with Crippen LogP contribution in [0, 0.1) is 5.92 Å². The Balaban J connectivity index is 1.51. The molecular formula is C15H26N4O2. The van der Waals surface area contributed by atoms with Gasteiger partial charge in [-0.25, -0.2) is 4.79 Å². The Kier molecular flexibility index (Phi) is 4.33. The summed E-state index contributed by atoms with van der Waals surface area (Å²) in [7, 11) is 0. The maximum atomic E-state index is 12.6. The smallest absolute Gasteiger partial charge is 0.317 e. The number of amides is 3. The van der Waals surface area contributed by atoms with E-state index in [-0.39, 0.29) is 11.9 Å². The highest BCUT2D eigenvalue weighted by Crippen LogP contribution is 2.23. The summed E-state index contributed by atoms with van der Waals surface area (Å²) in [5, 5.41) is 6.25. The minimum absolute atomic E-state index is 0.0620. The summed E-state index contributed by atoms with van der Waals surface area (Å²) < 4.78 is 0. The van der Waals surface area contributed by atoms with Gasteiger partial charge in [-0.3, -0.25) is 4.79 Å². The van der Waals surface area contributed by atoms with Gasteiger partial charge in [0.2, 0.25) is 5.91 Å². The summed E-state index contributed by atoms with van der Waals surface area (Å²) in [6.07, 6.45) is 3.74. The van der Waals surface area contributed by atoms with Crippen LogP contribution >= 0.6 is 0 Å². The largest absolute Gasteiger partial charge is 0.342 e. The summed E-state index contributed by atoms with van der Waals surface area (Å²) in [6, 6.07) is 0.814. The van der Waals surface area contributed by atoms with Crippen molar-refractivity contribution in [3.8, 4) is 0 Å². The number of urea groups is 1. The van der Waals surface area contributed by atoms with Crippen LogP contribution in [0.3, 0.4) is 0 Å². The third-order valence-electron chi connectivity index (χ3n) is 5.08. The van der Waals surface area contributed by atoms with Crippen molar-refractivity contribution >= 4 is 11.9 Å². The van der Waals surface area contributed by atoms with Gasteiger partial charge in [-0.05, 0) is 39.2 Å². The normalized spacial score (nSPS) is 31.4. The topological polar surface area (TPSA) is 64.7 Å². The highest BCUT2D eigenvalue weighted by atomic mass is 16.2. The van der Waals surface area contributed by atoms with Crippen molar-refractivity contribution in [3.63, 3.8) is 0 Å². The van der Waals surface area contributed by atoms with Crippen LogP contribution in [-0.2, 0) is 4.79 Å². The number of rotatable bonds is 2. The summed E-state index contributed by atoms with van der Waals surface area (Å²) in [6.45, 7) is 6.25. The van der Waals surface area contributed by atoms with Crippen molar-refractivity contribution in [2.75, 3.05) is 32.7 Å². The SMILES string of the molecule is CC1CC(C(=O)N2CCC(N3CCNC3=O)CC2)CCN1. The lowest BCUT2D eigenvalue weighted by atomic mass is 9.91. The average molecular weight is 294 g/mol. The van der Waals surface area contributed by atoms with Gasteiger partial charge >= 0.3 is 6.03 Å². The fourth-order valence-electron chi connectivity index (χ4n) is 3.85. The van der Waals surface area contributed by atoms with Gasteiger partial charge in [0, 0.05) is 44.2 Å². The second kappa shape index (κ2) is 6.22. The molecule has 0 aliphatic carbocycles. The Morgan fingerprint density at radius 3 is 2.52 bits per heavy atom. The van der Waals surface area contributed by atoms with Crippen LogP contribution in [0.4, 0.5) is 4.79 Å². The first-order valence-corrected chi connectivity index (χ1v) is 8.22. The van der Waals surface area contributed by atoms with Crippen molar-refractivity contribution in [2.45, 2.75) is 44.7 Å². The molecule has 3 aliphatic rings. The van der Waals surface area contributed by atoms with Crippen LogP contribution in [-0.4, -0.2) is 66.5 Å². The third-order valence-corrected chi connectivity index (χ3v) is 5.08. The van der Waals surface area contributed by atoms with Crippen LogP contribution in [0.2, 0.25) is 0 Å². The number of carbonyl (C=O) groups excluding carboxylic acids is 2. The van der Waals surface area contributed by atoms with E-state index < -0.39 is 0 Å². The second-order valence-electron chi connectivity index (χ2n) is 6.56. The Morgan fingerprint density at radius 2 is 1.90 bits per heavy atom. The molecule has 0 spiro atoms. The van der Waals surface area contributed by atoms with Gasteiger partial charge < -0.3 is 20.4 Å². The summed E-state index contributed by atoms with van der Waals surface area (Å²) in [5.74, 6) is 0.514. The third kappa shape index (κ3) is 3.15. The first kappa shape index (κ1) is 14.6. The molecule has 0 aromatic carbocycles. The number of nitrogens with zero attached hydrogens (tertiary/aromatic N) is 2. The first-order valence-electron chi connectivity index (χ1n) is 8.22. The maximum absolute atomic E-state index is 12.6. The van der Waals surface area contributed by atoms with Gasteiger partial charge in [-0.2, -0.15) is 0 Å². The van der Waals surface area contributed by atoms with E-state index in [2.05, 4.69) is 17.6 Å². The van der Waals surface area contributed by atoms with E-state index in [0.29, 0.717) is 18.0 Å². The molecule has 0 radical (unpaired) electrons. The number of piperidine rings is 2. The maximum Gasteiger partial charge on any atom is 0.317 e. The van der Waals surface area contributed by atoms with E-state index in [0.717, 1.165) is 58.4 Å². The van der Waals surface area contributed by atoms with Gasteiger partial charge in [0.05, 0.1) is 0 Å². The Hall–Kier alpha value is -1.30. The monoisotopic (exact) mass is 294 g/mol. The van der Waals surface area contributed by atoms with Crippen molar-refractivity contribution in [1.82, 2.24) is 20.4 Å². The van der Waals surface area contributed by atoms with E-state index in [9.17, 15) is 9.59 Å². The van der Waals surface area contributed by atoms with Gasteiger partial charge in [0.1, 0.15) is 0 Å². The van der Waals surface area contributed by atoms with Crippen LogP contribution in [0.1, 0.15) is 32.6 Å². The van der Waals surface area contributed by atoms with Crippen LogP contribution in [0.15, 0.2) is 0 Å². The molecule has 3 heterocycles. The molecule has 2 atom stereocenters. The Bertz CT molecular complexity index is 406. The molecule has 6 nitrogen and oxygen atoms in total. The van der Waals surface area contributed by atoms with E-state index in [1.165, 1.54) is 0 Å². The fraction of sp³-hybridized carbons (Fsp3) is 0.867. The molecule has 118 valence electrons. The number of likely N-dealkylation sites (tertiary alicyclic amines) is 1. The van der Waals surface area contributed by atoms with Gasteiger partial charge in [-0.15, -0.1) is 0 Å². The second-order valence-corrected chi connectivity index (χ2v) is 6.56. The number of hydrogen-bond donors (Lipinski definition) is 2. The van der Waals surface area contributed by atoms with E-state index in [1.54, 1.807) is 0 Å². The molecule has 0 saturated carbocycles. The molecule has 6 heteroatoms. The quantitative estimate of drug-likeness (QED) is 0.774. The first-order chi connectivity index (χ1) is 10.1. The Labute approximate surface area is 126 Å². The standard InChI is InChI=1S/C15H26N4O2/c1-11-10-12(2-5-16-11)14(20)18-7-3-13(4-8-18)19-9-6-17-15(19)21/h11-13,16H,2-10H2,1H3,(H,17,21). The highest BCUT2D eigenvalue weighted by Gasteiger charge is 2.34. The van der Waals surface area contributed by atoms with Gasteiger partial charge in [-0.1, -0.05) is 0 Å². The Morgan fingerprint density at radius 1 is 1.14 bits per heavy atom. The fourth-order valence-corrected chi connectivity index (χ4v) is 3.85. The van der Waals surface area contributed by atoms with Crippen LogP contribution in [0.25, 0.3) is 0 Å². The van der Waals surface area contributed by atoms with Crippen molar-refractivity contribution in [1.29, 1.82) is 0 Å². The number of nitrogens with one attached hydrogen (secondary N) is 2. The molecule has 3 amide bonds. The predicted octanol–water partition coefficient (Wildman–Crippen LogP) is 0.391. The lowest BCUT2D eigenvalue weighted by Crippen LogP contribution is -2.50. The number of carbonyl (C=O) groups is 2.